The smallest absolute Gasteiger partial charge is 0.257 e. The average Bonchev–Trinajstić information content (AvgIpc) is 2.69. The monoisotopic (exact) mass is 477 g/mol. The van der Waals surface area contributed by atoms with E-state index in [1.807, 2.05) is 26.0 Å². The van der Waals surface area contributed by atoms with Gasteiger partial charge in [-0.25, -0.2) is 0 Å². The molecule has 0 aromatic heterocycles. The summed E-state index contributed by atoms with van der Waals surface area (Å²) in [6.45, 7) is 6.29. The first-order valence-corrected chi connectivity index (χ1v) is 10.5. The third-order valence-corrected chi connectivity index (χ3v) is 4.88. The maximum atomic E-state index is 12.5. The highest BCUT2D eigenvalue weighted by atomic mass is 79.9. The van der Waals surface area contributed by atoms with Crippen molar-refractivity contribution in [2.24, 2.45) is 0 Å². The van der Waals surface area contributed by atoms with Crippen molar-refractivity contribution in [2.45, 2.75) is 33.6 Å². The molecule has 29 heavy (non-hydrogen) atoms. The molecule has 0 aliphatic heterocycles. The number of nitrogens with one attached hydrogen (secondary N) is 3. The number of hydrogen-bond donors (Lipinski definition) is 3. The van der Waals surface area contributed by atoms with Crippen molar-refractivity contribution >= 4 is 56.4 Å². The van der Waals surface area contributed by atoms with Gasteiger partial charge in [0, 0.05) is 23.4 Å². The topological polar surface area (TPSA) is 79.5 Å². The quantitative estimate of drug-likeness (QED) is 0.487. The molecule has 2 aromatic carbocycles. The number of benzene rings is 2. The van der Waals surface area contributed by atoms with Crippen LogP contribution in [0.15, 0.2) is 40.9 Å². The number of amides is 2. The summed E-state index contributed by atoms with van der Waals surface area (Å²) in [6.07, 6.45) is 1.29. The van der Waals surface area contributed by atoms with Crippen LogP contribution in [-0.4, -0.2) is 23.5 Å². The average molecular weight is 478 g/mol. The van der Waals surface area contributed by atoms with Gasteiger partial charge in [0.15, 0.2) is 5.11 Å². The number of carbonyl (C=O) groups excluding carboxylic acids is 2. The van der Waals surface area contributed by atoms with Gasteiger partial charge >= 0.3 is 0 Å². The van der Waals surface area contributed by atoms with Crippen LogP contribution >= 0.6 is 28.1 Å². The second kappa shape index (κ2) is 10.9. The van der Waals surface area contributed by atoms with Gasteiger partial charge in [-0.1, -0.05) is 19.9 Å². The Balaban J connectivity index is 2.04. The molecule has 0 saturated carbocycles. The van der Waals surface area contributed by atoms with Crippen molar-refractivity contribution in [2.75, 3.05) is 17.2 Å². The summed E-state index contributed by atoms with van der Waals surface area (Å²) in [4.78, 5) is 24.2. The maximum Gasteiger partial charge on any atom is 0.257 e. The largest absolute Gasteiger partial charge is 0.492 e. The second-order valence-electron chi connectivity index (χ2n) is 6.28. The van der Waals surface area contributed by atoms with E-state index in [4.69, 9.17) is 17.0 Å². The molecular weight excluding hydrogens is 454 g/mol. The predicted molar refractivity (Wildman–Crippen MR) is 124 cm³/mol. The Morgan fingerprint density at radius 2 is 1.79 bits per heavy atom. The van der Waals surface area contributed by atoms with E-state index >= 15 is 0 Å². The Morgan fingerprint density at radius 1 is 1.10 bits per heavy atom. The Kier molecular flexibility index (Phi) is 8.60. The fraction of sp³-hybridized carbons (Fsp3) is 0.286. The molecule has 0 heterocycles. The maximum absolute atomic E-state index is 12.5. The Hall–Kier alpha value is -2.45. The molecule has 6 nitrogen and oxygen atoms in total. The van der Waals surface area contributed by atoms with E-state index in [2.05, 4.69) is 31.9 Å². The molecule has 0 saturated heterocycles. The molecule has 0 aliphatic carbocycles. The van der Waals surface area contributed by atoms with Crippen molar-refractivity contribution in [1.29, 1.82) is 0 Å². The van der Waals surface area contributed by atoms with Crippen LogP contribution in [-0.2, 0) is 4.79 Å². The SMILES string of the molecule is CCCOc1ccc(C(=O)NC(=S)Nc2cccc(NC(=O)CC)c2C)cc1Br. The zero-order valence-electron chi connectivity index (χ0n) is 16.6. The minimum absolute atomic E-state index is 0.0712. The van der Waals surface area contributed by atoms with Gasteiger partial charge in [0.2, 0.25) is 5.91 Å². The van der Waals surface area contributed by atoms with Crippen LogP contribution in [0.3, 0.4) is 0 Å². The van der Waals surface area contributed by atoms with Crippen LogP contribution in [0.2, 0.25) is 0 Å². The van der Waals surface area contributed by atoms with Crippen molar-refractivity contribution in [1.82, 2.24) is 5.32 Å². The zero-order chi connectivity index (χ0) is 21.4. The summed E-state index contributed by atoms with van der Waals surface area (Å²) in [5, 5.41) is 8.68. The third-order valence-electron chi connectivity index (χ3n) is 4.06. The Bertz CT molecular complexity index is 918. The molecule has 2 rings (SSSR count). The second-order valence-corrected chi connectivity index (χ2v) is 7.54. The molecule has 0 atom stereocenters. The first kappa shape index (κ1) is 22.8. The highest BCUT2D eigenvalue weighted by Crippen LogP contribution is 2.26. The van der Waals surface area contributed by atoms with Crippen LogP contribution in [0.4, 0.5) is 11.4 Å². The molecule has 154 valence electrons. The molecular formula is C21H24BrN3O3S. The van der Waals surface area contributed by atoms with Gasteiger partial charge < -0.3 is 15.4 Å². The molecule has 0 radical (unpaired) electrons. The highest BCUT2D eigenvalue weighted by molar-refractivity contribution is 9.10. The van der Waals surface area contributed by atoms with E-state index in [1.165, 1.54) is 0 Å². The van der Waals surface area contributed by atoms with E-state index in [9.17, 15) is 9.59 Å². The van der Waals surface area contributed by atoms with E-state index < -0.39 is 0 Å². The zero-order valence-corrected chi connectivity index (χ0v) is 19.0. The van der Waals surface area contributed by atoms with Crippen molar-refractivity contribution < 1.29 is 14.3 Å². The number of hydrogen-bond acceptors (Lipinski definition) is 4. The van der Waals surface area contributed by atoms with Gasteiger partial charge in [0.25, 0.3) is 5.91 Å². The molecule has 0 fully saturated rings. The summed E-state index contributed by atoms with van der Waals surface area (Å²) in [5.74, 6) is 0.280. The standard InChI is InChI=1S/C21H24BrN3O3S/c1-4-11-28-18-10-9-14(12-15(18)22)20(27)25-21(29)24-17-8-6-7-16(13(17)3)23-19(26)5-2/h6-10,12H,4-5,11H2,1-3H3,(H,23,26)(H2,24,25,27,29). The van der Waals surface area contributed by atoms with Crippen LogP contribution in [0.5, 0.6) is 5.75 Å². The van der Waals surface area contributed by atoms with Crippen LogP contribution in [0.25, 0.3) is 0 Å². The Morgan fingerprint density at radius 3 is 2.41 bits per heavy atom. The van der Waals surface area contributed by atoms with Crippen molar-refractivity contribution in [3.05, 3.63) is 52.0 Å². The number of carbonyl (C=O) groups is 2. The summed E-state index contributed by atoms with van der Waals surface area (Å²) >= 11 is 8.70. The van der Waals surface area contributed by atoms with Crippen molar-refractivity contribution in [3.8, 4) is 5.75 Å². The lowest BCUT2D eigenvalue weighted by Crippen LogP contribution is -2.34. The van der Waals surface area contributed by atoms with Gasteiger partial charge in [0.1, 0.15) is 5.75 Å². The minimum Gasteiger partial charge on any atom is -0.492 e. The molecule has 2 aromatic rings. The first-order chi connectivity index (χ1) is 13.8. The number of rotatable bonds is 7. The van der Waals surface area contributed by atoms with E-state index in [1.54, 1.807) is 31.2 Å². The van der Waals surface area contributed by atoms with Gasteiger partial charge in [-0.05, 0) is 77.4 Å². The molecule has 2 amide bonds. The molecule has 0 unspecified atom stereocenters. The van der Waals surface area contributed by atoms with Crippen LogP contribution < -0.4 is 20.7 Å². The lowest BCUT2D eigenvalue weighted by atomic mass is 10.1. The lowest BCUT2D eigenvalue weighted by Gasteiger charge is -2.15. The van der Waals surface area contributed by atoms with Crippen LogP contribution in [0, 0.1) is 6.92 Å². The van der Waals surface area contributed by atoms with Gasteiger partial charge in [-0.2, -0.15) is 0 Å². The third kappa shape index (κ3) is 6.54. The fourth-order valence-electron chi connectivity index (χ4n) is 2.45. The van der Waals surface area contributed by atoms with Crippen LogP contribution in [0.1, 0.15) is 42.6 Å². The van der Waals surface area contributed by atoms with Gasteiger partial charge in [0.05, 0.1) is 11.1 Å². The van der Waals surface area contributed by atoms with E-state index in [0.29, 0.717) is 40.2 Å². The molecule has 3 N–H and O–H groups in total. The number of anilines is 2. The van der Waals surface area contributed by atoms with Gasteiger partial charge in [-0.3, -0.25) is 14.9 Å². The summed E-state index contributed by atoms with van der Waals surface area (Å²) < 4.78 is 6.30. The van der Waals surface area contributed by atoms with Crippen molar-refractivity contribution in [3.63, 3.8) is 0 Å². The van der Waals surface area contributed by atoms with Gasteiger partial charge in [-0.15, -0.1) is 0 Å². The Labute approximate surface area is 184 Å². The number of thiocarbonyl (C=S) groups is 1. The predicted octanol–water partition coefficient (Wildman–Crippen LogP) is 5.02. The minimum atomic E-state index is -0.335. The van der Waals surface area contributed by atoms with E-state index in [0.717, 1.165) is 12.0 Å². The number of ether oxygens (including phenoxy) is 1. The normalized spacial score (nSPS) is 10.2. The highest BCUT2D eigenvalue weighted by Gasteiger charge is 2.13. The molecule has 0 bridgehead atoms. The lowest BCUT2D eigenvalue weighted by molar-refractivity contribution is -0.115. The van der Waals surface area contributed by atoms with E-state index in [-0.39, 0.29) is 16.9 Å². The molecule has 0 spiro atoms. The summed E-state index contributed by atoms with van der Waals surface area (Å²) in [7, 11) is 0. The summed E-state index contributed by atoms with van der Waals surface area (Å²) in [5.41, 5.74) is 2.67. The summed E-state index contributed by atoms with van der Waals surface area (Å²) in [6, 6.07) is 10.6. The number of halogens is 1. The fourth-order valence-corrected chi connectivity index (χ4v) is 3.14. The molecule has 0 aliphatic rings. The first-order valence-electron chi connectivity index (χ1n) is 9.29. The molecule has 8 heteroatoms.